The summed E-state index contributed by atoms with van der Waals surface area (Å²) >= 11 is 2.95. The quantitative estimate of drug-likeness (QED) is 0.758. The SMILES string of the molecule is CC1CN(S(=O)(=O)c2cc(N)cc(Br)c2F)CC(CO)O1. The monoisotopic (exact) mass is 382 g/mol. The molecule has 21 heavy (non-hydrogen) atoms. The first-order chi connectivity index (χ1) is 9.75. The Morgan fingerprint density at radius 2 is 2.19 bits per heavy atom. The minimum Gasteiger partial charge on any atom is -0.399 e. The second-order valence-electron chi connectivity index (χ2n) is 4.89. The number of nitrogens with zero attached hydrogens (tertiary/aromatic N) is 1. The number of nitrogen functional groups attached to an aromatic ring is 1. The van der Waals surface area contributed by atoms with E-state index in [0.717, 1.165) is 10.4 Å². The highest BCUT2D eigenvalue weighted by Gasteiger charge is 2.35. The van der Waals surface area contributed by atoms with Crippen LogP contribution >= 0.6 is 15.9 Å². The molecule has 2 rings (SSSR count). The van der Waals surface area contributed by atoms with Crippen LogP contribution < -0.4 is 5.73 Å². The summed E-state index contributed by atoms with van der Waals surface area (Å²) in [6.07, 6.45) is -1.02. The van der Waals surface area contributed by atoms with Crippen LogP contribution in [0, 0.1) is 5.82 Å². The molecule has 1 aliphatic heterocycles. The summed E-state index contributed by atoms with van der Waals surface area (Å²) < 4.78 is 45.8. The molecule has 0 aromatic heterocycles. The third-order valence-corrected chi connectivity index (χ3v) is 5.54. The van der Waals surface area contributed by atoms with Gasteiger partial charge in [-0.25, -0.2) is 12.8 Å². The maximum atomic E-state index is 14.1. The van der Waals surface area contributed by atoms with Gasteiger partial charge in [-0.15, -0.1) is 0 Å². The zero-order chi connectivity index (χ0) is 15.8. The molecule has 1 fully saturated rings. The minimum absolute atomic E-state index is 0.0129. The first kappa shape index (κ1) is 16.6. The minimum atomic E-state index is -4.06. The van der Waals surface area contributed by atoms with Crippen LogP contribution in [0.1, 0.15) is 6.92 Å². The molecule has 1 heterocycles. The van der Waals surface area contributed by atoms with E-state index in [0.29, 0.717) is 0 Å². The van der Waals surface area contributed by atoms with Crippen LogP contribution in [-0.2, 0) is 14.8 Å². The number of benzene rings is 1. The number of nitrogens with two attached hydrogens (primary N) is 1. The molecule has 1 aliphatic rings. The van der Waals surface area contributed by atoms with E-state index in [2.05, 4.69) is 15.9 Å². The number of ether oxygens (including phenoxy) is 1. The predicted molar refractivity (Wildman–Crippen MR) is 78.7 cm³/mol. The highest BCUT2D eigenvalue weighted by molar-refractivity contribution is 9.10. The van der Waals surface area contributed by atoms with E-state index in [4.69, 9.17) is 15.6 Å². The van der Waals surface area contributed by atoms with Gasteiger partial charge < -0.3 is 15.6 Å². The van der Waals surface area contributed by atoms with Crippen LogP contribution in [0.3, 0.4) is 0 Å². The number of morpholine rings is 1. The summed E-state index contributed by atoms with van der Waals surface area (Å²) in [4.78, 5) is -0.486. The Morgan fingerprint density at radius 3 is 2.81 bits per heavy atom. The highest BCUT2D eigenvalue weighted by atomic mass is 79.9. The summed E-state index contributed by atoms with van der Waals surface area (Å²) in [6, 6.07) is 2.39. The molecule has 2 atom stereocenters. The zero-order valence-electron chi connectivity index (χ0n) is 11.3. The third-order valence-electron chi connectivity index (χ3n) is 3.13. The Bertz CT molecular complexity index is 640. The number of hydrogen-bond acceptors (Lipinski definition) is 5. The van der Waals surface area contributed by atoms with Gasteiger partial charge in [-0.3, -0.25) is 0 Å². The lowest BCUT2D eigenvalue weighted by atomic mass is 10.2. The Hall–Kier alpha value is -0.740. The van der Waals surface area contributed by atoms with E-state index in [9.17, 15) is 12.8 Å². The van der Waals surface area contributed by atoms with Crippen molar-refractivity contribution in [1.82, 2.24) is 4.31 Å². The fraction of sp³-hybridized carbons (Fsp3) is 0.500. The van der Waals surface area contributed by atoms with Crippen molar-refractivity contribution in [1.29, 1.82) is 0 Å². The van der Waals surface area contributed by atoms with Crippen LogP contribution in [0.2, 0.25) is 0 Å². The first-order valence-electron chi connectivity index (χ1n) is 6.26. The van der Waals surface area contributed by atoms with E-state index < -0.39 is 32.9 Å². The van der Waals surface area contributed by atoms with Gasteiger partial charge in [0, 0.05) is 18.8 Å². The maximum Gasteiger partial charge on any atom is 0.246 e. The molecule has 0 spiro atoms. The molecule has 6 nitrogen and oxygen atoms in total. The van der Waals surface area contributed by atoms with Crippen molar-refractivity contribution < 1.29 is 22.7 Å². The molecule has 9 heteroatoms. The van der Waals surface area contributed by atoms with E-state index >= 15 is 0 Å². The molecular formula is C12H16BrFN2O4S. The molecule has 0 amide bonds. The van der Waals surface area contributed by atoms with Crippen molar-refractivity contribution in [2.45, 2.75) is 24.0 Å². The van der Waals surface area contributed by atoms with Gasteiger partial charge in [0.2, 0.25) is 10.0 Å². The molecular weight excluding hydrogens is 367 g/mol. The van der Waals surface area contributed by atoms with Crippen molar-refractivity contribution in [3.05, 3.63) is 22.4 Å². The summed E-state index contributed by atoms with van der Waals surface area (Å²) in [5.74, 6) is -0.885. The van der Waals surface area contributed by atoms with Gasteiger partial charge in [-0.1, -0.05) is 0 Å². The Labute approximate surface area is 130 Å². The number of rotatable bonds is 3. The average molecular weight is 383 g/mol. The van der Waals surface area contributed by atoms with Crippen LogP contribution in [0.15, 0.2) is 21.5 Å². The van der Waals surface area contributed by atoms with Crippen molar-refractivity contribution in [3.63, 3.8) is 0 Å². The third kappa shape index (κ3) is 3.37. The molecule has 118 valence electrons. The fourth-order valence-corrected chi connectivity index (χ4v) is 4.49. The van der Waals surface area contributed by atoms with E-state index in [-0.39, 0.29) is 29.9 Å². The topological polar surface area (TPSA) is 92.9 Å². The molecule has 1 saturated heterocycles. The molecule has 0 bridgehead atoms. The number of hydrogen-bond donors (Lipinski definition) is 2. The predicted octanol–water partition coefficient (Wildman–Crippen LogP) is 0.941. The average Bonchev–Trinajstić information content (AvgIpc) is 2.41. The first-order valence-corrected chi connectivity index (χ1v) is 8.50. The van der Waals surface area contributed by atoms with Gasteiger partial charge >= 0.3 is 0 Å². The maximum absolute atomic E-state index is 14.1. The second kappa shape index (κ2) is 6.17. The normalized spacial score (nSPS) is 24.2. The number of aliphatic hydroxyl groups is 1. The molecule has 0 aliphatic carbocycles. The van der Waals surface area contributed by atoms with Gasteiger partial charge in [0.25, 0.3) is 0 Å². The van der Waals surface area contributed by atoms with E-state index in [1.807, 2.05) is 0 Å². The van der Waals surface area contributed by atoms with Crippen LogP contribution in [0.5, 0.6) is 0 Å². The number of anilines is 1. The second-order valence-corrected chi connectivity index (χ2v) is 7.65. The number of aliphatic hydroxyl groups excluding tert-OH is 1. The van der Waals surface area contributed by atoms with Gasteiger partial charge in [0.1, 0.15) is 4.90 Å². The molecule has 3 N–H and O–H groups in total. The van der Waals surface area contributed by atoms with Crippen molar-refractivity contribution >= 4 is 31.6 Å². The molecule has 0 saturated carbocycles. The zero-order valence-corrected chi connectivity index (χ0v) is 13.7. The standard InChI is InChI=1S/C12H16BrFN2O4S/c1-7-4-16(5-9(6-17)20-7)21(18,19)11-3-8(15)2-10(13)12(11)14/h2-3,7,9,17H,4-6,15H2,1H3. The van der Waals surface area contributed by atoms with Gasteiger partial charge in [-0.05, 0) is 35.0 Å². The van der Waals surface area contributed by atoms with Crippen LogP contribution in [-0.4, -0.2) is 49.7 Å². The van der Waals surface area contributed by atoms with Gasteiger partial charge in [-0.2, -0.15) is 4.31 Å². The Balaban J connectivity index is 2.42. The summed E-state index contributed by atoms with van der Waals surface area (Å²) in [5.41, 5.74) is 5.73. The van der Waals surface area contributed by atoms with Gasteiger partial charge in [0.15, 0.2) is 5.82 Å². The van der Waals surface area contributed by atoms with Crippen molar-refractivity contribution in [3.8, 4) is 0 Å². The summed E-state index contributed by atoms with van der Waals surface area (Å²) in [6.45, 7) is 1.44. The Morgan fingerprint density at radius 1 is 1.52 bits per heavy atom. The van der Waals surface area contributed by atoms with Gasteiger partial charge in [0.05, 0.1) is 23.3 Å². The number of sulfonamides is 1. The summed E-state index contributed by atoms with van der Waals surface area (Å²) in [7, 11) is -4.06. The van der Waals surface area contributed by atoms with Crippen LogP contribution in [0.25, 0.3) is 0 Å². The lowest BCUT2D eigenvalue weighted by molar-refractivity contribution is -0.0750. The van der Waals surface area contributed by atoms with E-state index in [1.165, 1.54) is 6.07 Å². The number of halogens is 2. The lowest BCUT2D eigenvalue weighted by Crippen LogP contribution is -2.50. The largest absolute Gasteiger partial charge is 0.399 e. The Kier molecular flexibility index (Phi) is 4.89. The molecule has 0 radical (unpaired) electrons. The van der Waals surface area contributed by atoms with E-state index in [1.54, 1.807) is 6.92 Å². The van der Waals surface area contributed by atoms with Crippen molar-refractivity contribution in [2.24, 2.45) is 0 Å². The summed E-state index contributed by atoms with van der Waals surface area (Å²) in [5, 5.41) is 9.16. The van der Waals surface area contributed by atoms with Crippen molar-refractivity contribution in [2.75, 3.05) is 25.4 Å². The molecule has 1 aromatic carbocycles. The molecule has 1 aromatic rings. The fourth-order valence-electron chi connectivity index (χ4n) is 2.21. The van der Waals surface area contributed by atoms with Crippen LogP contribution in [0.4, 0.5) is 10.1 Å². The smallest absolute Gasteiger partial charge is 0.246 e. The lowest BCUT2D eigenvalue weighted by Gasteiger charge is -2.35. The highest BCUT2D eigenvalue weighted by Crippen LogP contribution is 2.29. The molecule has 2 unspecified atom stereocenters.